The van der Waals surface area contributed by atoms with Gasteiger partial charge in [0.25, 0.3) is 0 Å². The fourth-order valence-corrected chi connectivity index (χ4v) is 3.47. The molecule has 6 heteroatoms. The Morgan fingerprint density at radius 3 is 2.48 bits per heavy atom. The van der Waals surface area contributed by atoms with Gasteiger partial charge in [-0.25, -0.2) is 4.98 Å². The molecule has 6 nitrogen and oxygen atoms in total. The van der Waals surface area contributed by atoms with E-state index in [1.807, 2.05) is 55.1 Å². The fraction of sp³-hybridized carbons (Fsp3) is 0.381. The van der Waals surface area contributed by atoms with Crippen molar-refractivity contribution in [1.82, 2.24) is 14.8 Å². The summed E-state index contributed by atoms with van der Waals surface area (Å²) in [6.07, 6.45) is 1.59. The van der Waals surface area contributed by atoms with E-state index in [9.17, 15) is 4.79 Å². The molecule has 27 heavy (non-hydrogen) atoms. The van der Waals surface area contributed by atoms with Gasteiger partial charge in [0.05, 0.1) is 5.56 Å². The number of rotatable bonds is 4. The van der Waals surface area contributed by atoms with Crippen LogP contribution in [0.15, 0.2) is 42.6 Å². The third kappa shape index (κ3) is 4.26. The first-order chi connectivity index (χ1) is 13.0. The third-order valence-corrected chi connectivity index (χ3v) is 4.90. The first-order valence-electron chi connectivity index (χ1n) is 9.12. The highest BCUT2D eigenvalue weighted by Gasteiger charge is 2.30. The number of hydrogen-bond donors (Lipinski definition) is 0. The second-order valence-corrected chi connectivity index (χ2v) is 7.11. The van der Waals surface area contributed by atoms with E-state index < -0.39 is 0 Å². The molecule has 3 rings (SSSR count). The topological polar surface area (TPSA) is 63.5 Å². The predicted molar refractivity (Wildman–Crippen MR) is 105 cm³/mol. The number of hydrogen-bond acceptors (Lipinski definition) is 5. The normalized spacial score (nSPS) is 15.5. The third-order valence-electron chi connectivity index (χ3n) is 4.90. The lowest BCUT2D eigenvalue weighted by molar-refractivity contribution is -0.136. The van der Waals surface area contributed by atoms with Crippen LogP contribution in [-0.2, 0) is 4.79 Å². The molecule has 0 aliphatic carbocycles. The van der Waals surface area contributed by atoms with Gasteiger partial charge in [-0.3, -0.25) is 9.69 Å². The number of benzene rings is 1. The number of carbonyl (C=O) groups excluding carboxylic acids is 1. The maximum Gasteiger partial charge on any atom is 0.244 e. The molecular formula is C21H25N5O. The number of carbonyl (C=O) groups is 1. The maximum absolute atomic E-state index is 13.2. The molecule has 2 heterocycles. The van der Waals surface area contributed by atoms with Gasteiger partial charge >= 0.3 is 0 Å². The Bertz CT molecular complexity index is 832. The average Bonchev–Trinajstić information content (AvgIpc) is 2.68. The molecule has 1 aliphatic rings. The van der Waals surface area contributed by atoms with E-state index in [-0.39, 0.29) is 11.9 Å². The van der Waals surface area contributed by atoms with Crippen LogP contribution in [0.2, 0.25) is 0 Å². The summed E-state index contributed by atoms with van der Waals surface area (Å²) in [5.41, 5.74) is 2.74. The van der Waals surface area contributed by atoms with E-state index in [1.54, 1.807) is 12.3 Å². The maximum atomic E-state index is 13.2. The van der Waals surface area contributed by atoms with Crippen LogP contribution in [0.1, 0.15) is 22.7 Å². The second-order valence-electron chi connectivity index (χ2n) is 7.11. The Labute approximate surface area is 160 Å². The standard InChI is InChI=1S/C21H25N5O/c1-16-5-4-6-18(13-16)20(24(2)3)21(27)26-11-9-25(10-12-26)19-8-7-17(14-22)15-23-19/h4-8,13,15,20H,9-12H2,1-3H3. The Kier molecular flexibility index (Phi) is 5.72. The summed E-state index contributed by atoms with van der Waals surface area (Å²) >= 11 is 0. The van der Waals surface area contributed by atoms with Crippen molar-refractivity contribution < 1.29 is 4.79 Å². The zero-order valence-electron chi connectivity index (χ0n) is 16.1. The Hall–Kier alpha value is -2.91. The van der Waals surface area contributed by atoms with Crippen LogP contribution >= 0.6 is 0 Å². The van der Waals surface area contributed by atoms with Crippen LogP contribution in [0.3, 0.4) is 0 Å². The molecule has 0 N–H and O–H groups in total. The van der Waals surface area contributed by atoms with Crippen LogP contribution in [0.25, 0.3) is 0 Å². The number of piperazine rings is 1. The van der Waals surface area contributed by atoms with E-state index in [0.29, 0.717) is 18.7 Å². The number of pyridine rings is 1. The number of anilines is 1. The van der Waals surface area contributed by atoms with Crippen molar-refractivity contribution in [1.29, 1.82) is 5.26 Å². The fourth-order valence-electron chi connectivity index (χ4n) is 3.47. The van der Waals surface area contributed by atoms with Crippen molar-refractivity contribution in [3.63, 3.8) is 0 Å². The molecular weight excluding hydrogens is 338 g/mol. The zero-order valence-corrected chi connectivity index (χ0v) is 16.1. The van der Waals surface area contributed by atoms with Gasteiger partial charge < -0.3 is 9.80 Å². The van der Waals surface area contributed by atoms with Gasteiger partial charge in [-0.15, -0.1) is 0 Å². The SMILES string of the molecule is Cc1cccc(C(C(=O)N2CCN(c3ccc(C#N)cn3)CC2)N(C)C)c1. The summed E-state index contributed by atoms with van der Waals surface area (Å²) in [6, 6.07) is 13.6. The second kappa shape index (κ2) is 8.19. The molecule has 1 aliphatic heterocycles. The summed E-state index contributed by atoms with van der Waals surface area (Å²) in [4.78, 5) is 23.6. The lowest BCUT2D eigenvalue weighted by atomic mass is 10.0. The quantitative estimate of drug-likeness (QED) is 0.833. The van der Waals surface area contributed by atoms with Crippen molar-refractivity contribution in [3.05, 3.63) is 59.3 Å². The van der Waals surface area contributed by atoms with Crippen molar-refractivity contribution in [2.75, 3.05) is 45.2 Å². The lowest BCUT2D eigenvalue weighted by Gasteiger charge is -2.38. The van der Waals surface area contributed by atoms with Gasteiger partial charge in [0.1, 0.15) is 17.9 Å². The van der Waals surface area contributed by atoms with Crippen molar-refractivity contribution in [2.24, 2.45) is 0 Å². The van der Waals surface area contributed by atoms with Gasteiger partial charge in [-0.05, 0) is 38.7 Å². The number of amides is 1. The monoisotopic (exact) mass is 363 g/mol. The average molecular weight is 363 g/mol. The number of nitriles is 1. The van der Waals surface area contributed by atoms with Gasteiger partial charge in [0, 0.05) is 32.4 Å². The Balaban J connectivity index is 1.68. The Morgan fingerprint density at radius 1 is 1.19 bits per heavy atom. The molecule has 0 radical (unpaired) electrons. The van der Waals surface area contributed by atoms with Crippen LogP contribution in [0.4, 0.5) is 5.82 Å². The van der Waals surface area contributed by atoms with Gasteiger partial charge in [-0.2, -0.15) is 5.26 Å². The minimum absolute atomic E-state index is 0.137. The minimum Gasteiger partial charge on any atom is -0.353 e. The van der Waals surface area contributed by atoms with E-state index in [2.05, 4.69) is 22.0 Å². The largest absolute Gasteiger partial charge is 0.353 e. The molecule has 1 aromatic heterocycles. The molecule has 1 saturated heterocycles. The van der Waals surface area contributed by atoms with E-state index in [1.165, 1.54) is 0 Å². The number of nitrogens with zero attached hydrogens (tertiary/aromatic N) is 5. The smallest absolute Gasteiger partial charge is 0.244 e. The molecule has 1 unspecified atom stereocenters. The summed E-state index contributed by atoms with van der Waals surface area (Å²) in [6.45, 7) is 4.84. The molecule has 2 aromatic rings. The Morgan fingerprint density at radius 2 is 1.93 bits per heavy atom. The van der Waals surface area contributed by atoms with Crippen LogP contribution in [0, 0.1) is 18.3 Å². The highest BCUT2D eigenvalue weighted by atomic mass is 16.2. The lowest BCUT2D eigenvalue weighted by Crippen LogP contribution is -2.51. The van der Waals surface area contributed by atoms with Gasteiger partial charge in [0.15, 0.2) is 0 Å². The van der Waals surface area contributed by atoms with Gasteiger partial charge in [0.2, 0.25) is 5.91 Å². The van der Waals surface area contributed by atoms with E-state index >= 15 is 0 Å². The summed E-state index contributed by atoms with van der Waals surface area (Å²) < 4.78 is 0. The molecule has 0 bridgehead atoms. The first-order valence-corrected chi connectivity index (χ1v) is 9.12. The van der Waals surface area contributed by atoms with Crippen LogP contribution < -0.4 is 4.90 Å². The van der Waals surface area contributed by atoms with E-state index in [0.717, 1.165) is 30.0 Å². The van der Waals surface area contributed by atoms with Crippen LogP contribution in [-0.4, -0.2) is 61.0 Å². The van der Waals surface area contributed by atoms with E-state index in [4.69, 9.17) is 5.26 Å². The van der Waals surface area contributed by atoms with Crippen molar-refractivity contribution >= 4 is 11.7 Å². The van der Waals surface area contributed by atoms with Crippen molar-refractivity contribution in [2.45, 2.75) is 13.0 Å². The highest BCUT2D eigenvalue weighted by molar-refractivity contribution is 5.83. The molecule has 1 fully saturated rings. The minimum atomic E-state index is -0.274. The molecule has 0 spiro atoms. The molecule has 1 atom stereocenters. The highest BCUT2D eigenvalue weighted by Crippen LogP contribution is 2.23. The summed E-state index contributed by atoms with van der Waals surface area (Å²) in [7, 11) is 3.89. The number of aromatic nitrogens is 1. The number of aryl methyl sites for hydroxylation is 1. The van der Waals surface area contributed by atoms with Crippen molar-refractivity contribution in [3.8, 4) is 6.07 Å². The zero-order chi connectivity index (χ0) is 19.4. The summed E-state index contributed by atoms with van der Waals surface area (Å²) in [5.74, 6) is 0.988. The molecule has 1 aromatic carbocycles. The van der Waals surface area contributed by atoms with Gasteiger partial charge in [-0.1, -0.05) is 29.8 Å². The molecule has 1 amide bonds. The molecule has 0 saturated carbocycles. The first kappa shape index (κ1) is 18.9. The van der Waals surface area contributed by atoms with Crippen LogP contribution in [0.5, 0.6) is 0 Å². The summed E-state index contributed by atoms with van der Waals surface area (Å²) in [5, 5.41) is 8.89. The molecule has 140 valence electrons. The number of likely N-dealkylation sites (N-methyl/N-ethyl adjacent to an activating group) is 1. The predicted octanol–water partition coefficient (Wildman–Crippen LogP) is 2.21.